The van der Waals surface area contributed by atoms with Crippen molar-refractivity contribution in [1.29, 1.82) is 0 Å². The molecule has 2 aromatic carbocycles. The van der Waals surface area contributed by atoms with Crippen LogP contribution in [0.3, 0.4) is 0 Å². The van der Waals surface area contributed by atoms with Gasteiger partial charge in [-0.15, -0.1) is 0 Å². The van der Waals surface area contributed by atoms with Gasteiger partial charge in [-0.1, -0.05) is 36.4 Å². The maximum atomic E-state index is 13.7. The van der Waals surface area contributed by atoms with Gasteiger partial charge < -0.3 is 0 Å². The van der Waals surface area contributed by atoms with Gasteiger partial charge >= 0.3 is 5.97 Å². The number of hydrogen-bond acceptors (Lipinski definition) is 2. The van der Waals surface area contributed by atoms with Crippen molar-refractivity contribution in [1.82, 2.24) is 0 Å². The zero-order valence-corrected chi connectivity index (χ0v) is 8.69. The fourth-order valence-corrected chi connectivity index (χ4v) is 1.54. The van der Waals surface area contributed by atoms with Crippen molar-refractivity contribution >= 4 is 5.97 Å². The van der Waals surface area contributed by atoms with Gasteiger partial charge in [0.05, 0.1) is 5.56 Å². The first-order valence-corrected chi connectivity index (χ1v) is 4.90. The molecule has 0 saturated carbocycles. The molecule has 0 fully saturated rings. The van der Waals surface area contributed by atoms with E-state index in [2.05, 4.69) is 4.94 Å². The SMILES string of the molecule is O=C(OF)c1ccc(-c2ccccc2)c(F)c1. The highest BCUT2D eigenvalue weighted by Crippen LogP contribution is 2.23. The molecule has 0 saturated heterocycles. The van der Waals surface area contributed by atoms with Crippen molar-refractivity contribution in [3.8, 4) is 11.1 Å². The van der Waals surface area contributed by atoms with E-state index < -0.39 is 11.8 Å². The first kappa shape index (κ1) is 11.3. The molecule has 0 amide bonds. The highest BCUT2D eigenvalue weighted by Gasteiger charge is 2.12. The van der Waals surface area contributed by atoms with Crippen LogP contribution in [0.2, 0.25) is 0 Å². The Balaban J connectivity index is 2.42. The van der Waals surface area contributed by atoms with Crippen molar-refractivity contribution in [3.05, 3.63) is 59.9 Å². The summed E-state index contributed by atoms with van der Waals surface area (Å²) in [5.74, 6) is -1.80. The van der Waals surface area contributed by atoms with Crippen molar-refractivity contribution in [2.24, 2.45) is 0 Å². The average Bonchev–Trinajstić information content (AvgIpc) is 2.38. The Morgan fingerprint density at radius 1 is 1.06 bits per heavy atom. The van der Waals surface area contributed by atoms with E-state index in [1.807, 2.05) is 6.07 Å². The zero-order chi connectivity index (χ0) is 12.3. The first-order valence-electron chi connectivity index (χ1n) is 4.90. The minimum absolute atomic E-state index is 0.162. The topological polar surface area (TPSA) is 26.3 Å². The molecule has 0 atom stereocenters. The molecular formula is C13H8F2O2. The molecule has 2 nitrogen and oxygen atoms in total. The lowest BCUT2D eigenvalue weighted by atomic mass is 10.0. The Bertz CT molecular complexity index is 538. The van der Waals surface area contributed by atoms with Crippen LogP contribution < -0.4 is 0 Å². The summed E-state index contributed by atoms with van der Waals surface area (Å²) in [6, 6.07) is 12.5. The third kappa shape index (κ3) is 2.30. The molecule has 17 heavy (non-hydrogen) atoms. The van der Waals surface area contributed by atoms with Gasteiger partial charge in [0, 0.05) is 10.1 Å². The van der Waals surface area contributed by atoms with E-state index in [-0.39, 0.29) is 5.56 Å². The summed E-state index contributed by atoms with van der Waals surface area (Å²) >= 11 is 0. The molecule has 0 radical (unpaired) electrons. The minimum Gasteiger partial charge on any atom is -0.249 e. The lowest BCUT2D eigenvalue weighted by Gasteiger charge is -2.04. The number of carbonyl (C=O) groups is 1. The van der Waals surface area contributed by atoms with Crippen LogP contribution >= 0.6 is 0 Å². The van der Waals surface area contributed by atoms with Crippen LogP contribution in [0.4, 0.5) is 8.92 Å². The minimum atomic E-state index is -1.21. The van der Waals surface area contributed by atoms with Crippen LogP contribution in [0, 0.1) is 5.82 Å². The monoisotopic (exact) mass is 234 g/mol. The van der Waals surface area contributed by atoms with E-state index in [4.69, 9.17) is 0 Å². The van der Waals surface area contributed by atoms with Gasteiger partial charge in [-0.25, -0.2) is 14.1 Å². The second kappa shape index (κ2) is 4.74. The standard InChI is InChI=1S/C13H8F2O2/c14-12-8-10(13(16)17-15)6-7-11(12)9-4-2-1-3-5-9/h1-8H. The number of hydrogen-bond donors (Lipinski definition) is 0. The van der Waals surface area contributed by atoms with Crippen molar-refractivity contribution in [3.63, 3.8) is 0 Å². The van der Waals surface area contributed by atoms with Crippen LogP contribution in [0.15, 0.2) is 48.5 Å². The summed E-state index contributed by atoms with van der Waals surface area (Å²) in [4.78, 5) is 13.9. The van der Waals surface area contributed by atoms with E-state index in [9.17, 15) is 13.7 Å². The van der Waals surface area contributed by atoms with Crippen molar-refractivity contribution in [2.45, 2.75) is 0 Å². The third-order valence-corrected chi connectivity index (χ3v) is 2.36. The average molecular weight is 234 g/mol. The van der Waals surface area contributed by atoms with E-state index in [0.717, 1.165) is 6.07 Å². The lowest BCUT2D eigenvalue weighted by Crippen LogP contribution is -1.99. The number of rotatable bonds is 2. The van der Waals surface area contributed by atoms with Gasteiger partial charge in [0.15, 0.2) is 0 Å². The van der Waals surface area contributed by atoms with Gasteiger partial charge in [0.2, 0.25) is 0 Å². The molecule has 0 unspecified atom stereocenters. The second-order valence-corrected chi connectivity index (χ2v) is 3.43. The van der Waals surface area contributed by atoms with E-state index in [1.54, 1.807) is 24.3 Å². The molecule has 0 aromatic heterocycles. The smallest absolute Gasteiger partial charge is 0.249 e. The number of benzene rings is 2. The Morgan fingerprint density at radius 3 is 2.35 bits per heavy atom. The van der Waals surface area contributed by atoms with Gasteiger partial charge in [-0.2, -0.15) is 0 Å². The molecular weight excluding hydrogens is 226 g/mol. The lowest BCUT2D eigenvalue weighted by molar-refractivity contribution is -0.0788. The number of carbonyl (C=O) groups excluding carboxylic acids is 1. The molecule has 0 aliphatic rings. The first-order chi connectivity index (χ1) is 8.22. The maximum Gasteiger partial charge on any atom is 0.379 e. The summed E-state index contributed by atoms with van der Waals surface area (Å²) in [6.45, 7) is 0. The fraction of sp³-hybridized carbons (Fsp3) is 0. The Morgan fingerprint density at radius 2 is 1.76 bits per heavy atom. The third-order valence-electron chi connectivity index (χ3n) is 2.36. The summed E-state index contributed by atoms with van der Waals surface area (Å²) in [7, 11) is 0. The zero-order valence-electron chi connectivity index (χ0n) is 8.69. The maximum absolute atomic E-state index is 13.7. The summed E-state index contributed by atoms with van der Waals surface area (Å²) in [5, 5.41) is 0. The molecule has 2 aromatic rings. The van der Waals surface area contributed by atoms with Gasteiger partial charge in [-0.3, -0.25) is 0 Å². The predicted molar refractivity (Wildman–Crippen MR) is 58.4 cm³/mol. The quantitative estimate of drug-likeness (QED) is 0.794. The summed E-state index contributed by atoms with van der Waals surface area (Å²) in [6.07, 6.45) is 0. The van der Waals surface area contributed by atoms with Crippen LogP contribution in [0.5, 0.6) is 0 Å². The van der Waals surface area contributed by atoms with Gasteiger partial charge in [-0.05, 0) is 17.7 Å². The molecule has 86 valence electrons. The molecule has 4 heteroatoms. The molecule has 2 rings (SSSR count). The van der Waals surface area contributed by atoms with Crippen molar-refractivity contribution < 1.29 is 18.7 Å². The van der Waals surface area contributed by atoms with Crippen LogP contribution in [-0.4, -0.2) is 5.97 Å². The van der Waals surface area contributed by atoms with E-state index in [1.165, 1.54) is 12.1 Å². The van der Waals surface area contributed by atoms with Crippen LogP contribution in [0.1, 0.15) is 10.4 Å². The van der Waals surface area contributed by atoms with Gasteiger partial charge in [0.25, 0.3) is 0 Å². The van der Waals surface area contributed by atoms with E-state index >= 15 is 0 Å². The summed E-state index contributed by atoms with van der Waals surface area (Å²) in [5.41, 5.74) is 0.871. The largest absolute Gasteiger partial charge is 0.379 e. The highest BCUT2D eigenvalue weighted by atomic mass is 19.3. The fourth-order valence-electron chi connectivity index (χ4n) is 1.54. The number of halogens is 2. The summed E-state index contributed by atoms with van der Waals surface area (Å²) < 4.78 is 25.4. The van der Waals surface area contributed by atoms with Gasteiger partial charge in [0.1, 0.15) is 5.82 Å². The Hall–Kier alpha value is -2.23. The molecule has 0 spiro atoms. The molecule has 0 heterocycles. The normalized spacial score (nSPS) is 10.0. The Labute approximate surface area is 96.4 Å². The second-order valence-electron chi connectivity index (χ2n) is 3.43. The molecule has 0 aliphatic carbocycles. The molecule has 0 N–H and O–H groups in total. The van der Waals surface area contributed by atoms with Crippen molar-refractivity contribution in [2.75, 3.05) is 0 Å². The molecule has 0 bridgehead atoms. The molecule has 0 aliphatic heterocycles. The highest BCUT2D eigenvalue weighted by molar-refractivity contribution is 5.89. The predicted octanol–water partition coefficient (Wildman–Crippen LogP) is 3.53. The Kier molecular flexibility index (Phi) is 3.14. The van der Waals surface area contributed by atoms with E-state index in [0.29, 0.717) is 11.1 Å². The van der Waals surface area contributed by atoms with Crippen LogP contribution in [-0.2, 0) is 4.94 Å². The van der Waals surface area contributed by atoms with Crippen LogP contribution in [0.25, 0.3) is 11.1 Å².